The molecule has 144 valence electrons. The quantitative estimate of drug-likeness (QED) is 0.628. The van der Waals surface area contributed by atoms with E-state index in [0.29, 0.717) is 18.5 Å². The van der Waals surface area contributed by atoms with Crippen molar-refractivity contribution in [1.82, 2.24) is 20.5 Å². The van der Waals surface area contributed by atoms with Crippen LogP contribution in [0.3, 0.4) is 0 Å². The molecule has 0 spiro atoms. The average Bonchev–Trinajstić information content (AvgIpc) is 3.47. The van der Waals surface area contributed by atoms with E-state index in [9.17, 15) is 0 Å². The van der Waals surface area contributed by atoms with Gasteiger partial charge >= 0.3 is 0 Å². The summed E-state index contributed by atoms with van der Waals surface area (Å²) in [5.74, 6) is 1.48. The second-order valence-corrected chi connectivity index (χ2v) is 7.50. The Morgan fingerprint density at radius 3 is 2.81 bits per heavy atom. The van der Waals surface area contributed by atoms with Crippen molar-refractivity contribution in [2.24, 2.45) is 4.99 Å². The highest BCUT2D eigenvalue weighted by molar-refractivity contribution is 5.80. The number of benzene rings is 1. The van der Waals surface area contributed by atoms with Crippen LogP contribution in [0.15, 0.2) is 46.0 Å². The summed E-state index contributed by atoms with van der Waals surface area (Å²) in [5, 5.41) is 6.93. The summed E-state index contributed by atoms with van der Waals surface area (Å²) in [6.07, 6.45) is 8.42. The van der Waals surface area contributed by atoms with Crippen molar-refractivity contribution in [3.05, 3.63) is 42.3 Å². The molecule has 1 unspecified atom stereocenters. The lowest BCUT2D eigenvalue weighted by Crippen LogP contribution is -2.45. The Morgan fingerprint density at radius 2 is 2.04 bits per heavy atom. The number of aliphatic imine (C=N–C) groups is 1. The molecule has 4 rings (SSSR count). The van der Waals surface area contributed by atoms with Gasteiger partial charge in [0.2, 0.25) is 5.89 Å². The van der Waals surface area contributed by atoms with Crippen molar-refractivity contribution >= 4 is 5.96 Å². The lowest BCUT2D eigenvalue weighted by atomic mass is 10.2. The van der Waals surface area contributed by atoms with Gasteiger partial charge < -0.3 is 15.1 Å². The van der Waals surface area contributed by atoms with Crippen LogP contribution in [0.5, 0.6) is 0 Å². The molecule has 1 aromatic carbocycles. The zero-order chi connectivity index (χ0) is 18.5. The average molecular weight is 367 g/mol. The Hall–Kier alpha value is -2.34. The van der Waals surface area contributed by atoms with Gasteiger partial charge in [0.25, 0.3) is 0 Å². The van der Waals surface area contributed by atoms with Crippen LogP contribution in [-0.2, 0) is 6.54 Å². The van der Waals surface area contributed by atoms with Crippen molar-refractivity contribution in [2.75, 3.05) is 20.1 Å². The molecule has 1 aliphatic carbocycles. The minimum Gasteiger partial charge on any atom is -0.444 e. The van der Waals surface area contributed by atoms with E-state index in [-0.39, 0.29) is 0 Å². The number of likely N-dealkylation sites (tertiary alicyclic amines) is 1. The van der Waals surface area contributed by atoms with Gasteiger partial charge in [-0.05, 0) is 31.4 Å². The van der Waals surface area contributed by atoms with E-state index in [1.807, 2.05) is 37.4 Å². The molecule has 0 radical (unpaired) electrons. The normalized spacial score (nSPS) is 21.7. The van der Waals surface area contributed by atoms with Crippen molar-refractivity contribution < 1.29 is 4.42 Å². The molecule has 1 atom stereocenters. The minimum atomic E-state index is 0.467. The Kier molecular flexibility index (Phi) is 5.72. The van der Waals surface area contributed by atoms with Gasteiger partial charge in [-0.15, -0.1) is 0 Å². The van der Waals surface area contributed by atoms with Gasteiger partial charge in [-0.3, -0.25) is 9.89 Å². The number of aromatic nitrogens is 1. The number of oxazole rings is 1. The van der Waals surface area contributed by atoms with Crippen LogP contribution in [0, 0.1) is 0 Å². The van der Waals surface area contributed by atoms with Crippen molar-refractivity contribution in [3.8, 4) is 11.5 Å². The van der Waals surface area contributed by atoms with Crippen molar-refractivity contribution in [2.45, 2.75) is 50.7 Å². The third-order valence-corrected chi connectivity index (χ3v) is 5.63. The largest absolute Gasteiger partial charge is 0.444 e. The Bertz CT molecular complexity index is 751. The number of nitrogens with one attached hydrogen (secondary N) is 2. The highest BCUT2D eigenvalue weighted by Gasteiger charge is 2.30. The molecule has 0 amide bonds. The molecule has 2 aromatic rings. The standard InChI is InChI=1S/C21H29N5O/c1-22-21(25-17-11-12-26(14-17)19-9-5-6-10-19)23-13-18-15-27-20(24-18)16-7-3-2-4-8-16/h2-4,7-8,15,17,19H,5-6,9-14H2,1H3,(H2,22,23,25). The van der Waals surface area contributed by atoms with Crippen LogP contribution < -0.4 is 10.6 Å². The molecule has 6 nitrogen and oxygen atoms in total. The molecule has 27 heavy (non-hydrogen) atoms. The fraction of sp³-hybridized carbons (Fsp3) is 0.524. The molecular weight excluding hydrogens is 338 g/mol. The second kappa shape index (κ2) is 8.57. The molecular formula is C21H29N5O. The maximum absolute atomic E-state index is 5.60. The lowest BCUT2D eigenvalue weighted by molar-refractivity contribution is 0.242. The van der Waals surface area contributed by atoms with Gasteiger partial charge in [-0.1, -0.05) is 31.0 Å². The van der Waals surface area contributed by atoms with Crippen molar-refractivity contribution in [1.29, 1.82) is 0 Å². The Balaban J connectivity index is 1.27. The fourth-order valence-corrected chi connectivity index (χ4v) is 4.17. The number of rotatable bonds is 5. The Labute approximate surface area is 161 Å². The van der Waals surface area contributed by atoms with Gasteiger partial charge in [0.1, 0.15) is 6.26 Å². The van der Waals surface area contributed by atoms with E-state index < -0.39 is 0 Å². The van der Waals surface area contributed by atoms with Gasteiger partial charge in [0, 0.05) is 37.8 Å². The predicted octanol–water partition coefficient (Wildman–Crippen LogP) is 3.02. The Morgan fingerprint density at radius 1 is 1.22 bits per heavy atom. The van der Waals surface area contributed by atoms with E-state index in [2.05, 4.69) is 25.5 Å². The first-order valence-corrected chi connectivity index (χ1v) is 10.0. The van der Waals surface area contributed by atoms with Crippen LogP contribution in [0.4, 0.5) is 0 Å². The van der Waals surface area contributed by atoms with Gasteiger partial charge in [-0.25, -0.2) is 4.98 Å². The molecule has 2 fully saturated rings. The number of hydrogen-bond donors (Lipinski definition) is 2. The zero-order valence-corrected chi connectivity index (χ0v) is 16.0. The summed E-state index contributed by atoms with van der Waals surface area (Å²) < 4.78 is 5.60. The molecule has 1 saturated carbocycles. The molecule has 1 saturated heterocycles. The third-order valence-electron chi connectivity index (χ3n) is 5.63. The summed E-state index contributed by atoms with van der Waals surface area (Å²) in [6.45, 7) is 2.91. The van der Waals surface area contributed by atoms with Crippen LogP contribution >= 0.6 is 0 Å². The van der Waals surface area contributed by atoms with E-state index >= 15 is 0 Å². The van der Waals surface area contributed by atoms with E-state index in [1.54, 1.807) is 6.26 Å². The first kappa shape index (κ1) is 18.0. The monoisotopic (exact) mass is 367 g/mol. The maximum atomic E-state index is 5.60. The van der Waals surface area contributed by atoms with E-state index in [0.717, 1.165) is 29.8 Å². The second-order valence-electron chi connectivity index (χ2n) is 7.50. The molecule has 0 bridgehead atoms. The molecule has 1 aromatic heterocycles. The van der Waals surface area contributed by atoms with Crippen molar-refractivity contribution in [3.63, 3.8) is 0 Å². The SMILES string of the molecule is CN=C(NCc1coc(-c2ccccc2)n1)NC1CCN(C2CCCC2)C1. The molecule has 2 aliphatic rings. The smallest absolute Gasteiger partial charge is 0.226 e. The summed E-state index contributed by atoms with van der Waals surface area (Å²) in [5.41, 5.74) is 1.86. The molecule has 2 heterocycles. The van der Waals surface area contributed by atoms with Crippen LogP contribution in [0.2, 0.25) is 0 Å². The predicted molar refractivity (Wildman–Crippen MR) is 108 cm³/mol. The van der Waals surface area contributed by atoms with E-state index in [4.69, 9.17) is 4.42 Å². The summed E-state index contributed by atoms with van der Waals surface area (Å²) in [4.78, 5) is 11.6. The molecule has 6 heteroatoms. The van der Waals surface area contributed by atoms with Gasteiger partial charge in [-0.2, -0.15) is 0 Å². The first-order valence-electron chi connectivity index (χ1n) is 10.0. The minimum absolute atomic E-state index is 0.467. The topological polar surface area (TPSA) is 65.7 Å². The van der Waals surface area contributed by atoms with Crippen LogP contribution in [-0.4, -0.2) is 48.1 Å². The van der Waals surface area contributed by atoms with Gasteiger partial charge in [0.05, 0.1) is 12.2 Å². The first-order chi connectivity index (χ1) is 13.3. The van der Waals surface area contributed by atoms with Gasteiger partial charge in [0.15, 0.2) is 5.96 Å². The number of guanidine groups is 1. The summed E-state index contributed by atoms with van der Waals surface area (Å²) in [6, 6.07) is 11.2. The van der Waals surface area contributed by atoms with E-state index in [1.165, 1.54) is 38.6 Å². The summed E-state index contributed by atoms with van der Waals surface area (Å²) >= 11 is 0. The number of nitrogens with zero attached hydrogens (tertiary/aromatic N) is 3. The molecule has 2 N–H and O–H groups in total. The zero-order valence-electron chi connectivity index (χ0n) is 16.0. The highest BCUT2D eigenvalue weighted by atomic mass is 16.3. The highest BCUT2D eigenvalue weighted by Crippen LogP contribution is 2.26. The molecule has 1 aliphatic heterocycles. The van der Waals surface area contributed by atoms with Crippen LogP contribution in [0.1, 0.15) is 37.8 Å². The van der Waals surface area contributed by atoms with Crippen LogP contribution in [0.25, 0.3) is 11.5 Å². The third kappa shape index (κ3) is 4.50. The lowest BCUT2D eigenvalue weighted by Gasteiger charge is -2.24. The number of hydrogen-bond acceptors (Lipinski definition) is 4. The summed E-state index contributed by atoms with van der Waals surface area (Å²) in [7, 11) is 1.82. The maximum Gasteiger partial charge on any atom is 0.226 e. The fourth-order valence-electron chi connectivity index (χ4n) is 4.17.